The standard InChI is InChI=1S/C25H34FN/c1-2-17-3-4-22-14-21(10-9-20(22)13-17)18-5-7-19(8-6-18)23-11-12-24(16-27)25(26)15-23/h11-12,15,17-22H,2-10,13-14H2,1H3. The third-order valence-electron chi connectivity index (χ3n) is 8.36. The van der Waals surface area contributed by atoms with Crippen LogP contribution in [-0.4, -0.2) is 0 Å². The molecule has 0 aliphatic heterocycles. The number of nitriles is 1. The maximum atomic E-state index is 14.0. The Morgan fingerprint density at radius 2 is 1.52 bits per heavy atom. The molecule has 3 fully saturated rings. The van der Waals surface area contributed by atoms with Crippen LogP contribution in [0, 0.1) is 46.7 Å². The van der Waals surface area contributed by atoms with Gasteiger partial charge in [-0.2, -0.15) is 5.26 Å². The van der Waals surface area contributed by atoms with Crippen LogP contribution in [-0.2, 0) is 0 Å². The molecular weight excluding hydrogens is 333 g/mol. The molecule has 1 aromatic carbocycles. The summed E-state index contributed by atoms with van der Waals surface area (Å²) in [4.78, 5) is 0. The molecule has 0 radical (unpaired) electrons. The molecule has 1 nitrogen and oxygen atoms in total. The van der Waals surface area contributed by atoms with Crippen molar-refractivity contribution >= 4 is 0 Å². The molecule has 0 amide bonds. The van der Waals surface area contributed by atoms with Crippen LogP contribution in [0.1, 0.15) is 94.6 Å². The van der Waals surface area contributed by atoms with Crippen molar-refractivity contribution in [2.24, 2.45) is 29.6 Å². The summed E-state index contributed by atoms with van der Waals surface area (Å²) in [6, 6.07) is 7.18. The number of hydrogen-bond acceptors (Lipinski definition) is 1. The van der Waals surface area contributed by atoms with E-state index < -0.39 is 0 Å². The molecule has 3 aliphatic rings. The summed E-state index contributed by atoms with van der Waals surface area (Å²) < 4.78 is 14.0. The van der Waals surface area contributed by atoms with Gasteiger partial charge in [0, 0.05) is 0 Å². The Labute approximate surface area is 164 Å². The molecule has 3 saturated carbocycles. The molecule has 0 heterocycles. The molecule has 3 aliphatic carbocycles. The van der Waals surface area contributed by atoms with Crippen LogP contribution in [0.5, 0.6) is 0 Å². The van der Waals surface area contributed by atoms with E-state index in [4.69, 9.17) is 5.26 Å². The lowest BCUT2D eigenvalue weighted by atomic mass is 9.60. The molecule has 4 unspecified atom stereocenters. The lowest BCUT2D eigenvalue weighted by Gasteiger charge is -2.45. The summed E-state index contributed by atoms with van der Waals surface area (Å²) >= 11 is 0. The number of halogens is 1. The van der Waals surface area contributed by atoms with Crippen LogP contribution in [0.25, 0.3) is 0 Å². The van der Waals surface area contributed by atoms with Crippen molar-refractivity contribution < 1.29 is 4.39 Å². The fourth-order valence-corrected chi connectivity index (χ4v) is 6.62. The molecule has 0 spiro atoms. The van der Waals surface area contributed by atoms with Crippen molar-refractivity contribution in [3.63, 3.8) is 0 Å². The van der Waals surface area contributed by atoms with Crippen molar-refractivity contribution in [3.8, 4) is 6.07 Å². The van der Waals surface area contributed by atoms with E-state index in [2.05, 4.69) is 6.92 Å². The van der Waals surface area contributed by atoms with E-state index in [1.165, 1.54) is 70.6 Å². The quantitative estimate of drug-likeness (QED) is 0.553. The number of benzene rings is 1. The van der Waals surface area contributed by atoms with Crippen molar-refractivity contribution in [2.45, 2.75) is 83.5 Å². The Morgan fingerprint density at radius 3 is 2.19 bits per heavy atom. The van der Waals surface area contributed by atoms with E-state index in [1.54, 1.807) is 12.1 Å². The minimum Gasteiger partial charge on any atom is -0.206 e. The van der Waals surface area contributed by atoms with Gasteiger partial charge in [-0.05, 0) is 111 Å². The molecule has 1 aromatic rings. The first-order valence-electron chi connectivity index (χ1n) is 11.4. The van der Waals surface area contributed by atoms with Crippen LogP contribution in [0.2, 0.25) is 0 Å². The van der Waals surface area contributed by atoms with Gasteiger partial charge < -0.3 is 0 Å². The fraction of sp³-hybridized carbons (Fsp3) is 0.720. The van der Waals surface area contributed by atoms with Crippen molar-refractivity contribution in [1.29, 1.82) is 5.26 Å². The van der Waals surface area contributed by atoms with Gasteiger partial charge in [-0.15, -0.1) is 0 Å². The summed E-state index contributed by atoms with van der Waals surface area (Å²) in [6.45, 7) is 2.37. The van der Waals surface area contributed by atoms with Crippen LogP contribution >= 0.6 is 0 Å². The molecule has 27 heavy (non-hydrogen) atoms. The average molecular weight is 368 g/mol. The second-order valence-electron chi connectivity index (χ2n) is 9.64. The third-order valence-corrected chi connectivity index (χ3v) is 8.36. The van der Waals surface area contributed by atoms with Crippen LogP contribution in [0.3, 0.4) is 0 Å². The Bertz CT molecular complexity index is 682. The lowest BCUT2D eigenvalue weighted by Crippen LogP contribution is -2.34. The molecule has 0 aromatic heterocycles. The minimum absolute atomic E-state index is 0.169. The Morgan fingerprint density at radius 1 is 0.889 bits per heavy atom. The van der Waals surface area contributed by atoms with Crippen LogP contribution in [0.15, 0.2) is 18.2 Å². The first-order valence-corrected chi connectivity index (χ1v) is 11.4. The van der Waals surface area contributed by atoms with Gasteiger partial charge in [0.25, 0.3) is 0 Å². The number of nitrogens with zero attached hydrogens (tertiary/aromatic N) is 1. The first kappa shape index (κ1) is 19.0. The number of fused-ring (bicyclic) bond motifs is 1. The molecule has 0 bridgehead atoms. The van der Waals surface area contributed by atoms with Gasteiger partial charge in [0.1, 0.15) is 11.9 Å². The van der Waals surface area contributed by atoms with Crippen LogP contribution < -0.4 is 0 Å². The molecule has 2 heteroatoms. The smallest absolute Gasteiger partial charge is 0.141 e. The van der Waals surface area contributed by atoms with E-state index in [0.29, 0.717) is 5.92 Å². The Kier molecular flexibility index (Phi) is 5.86. The highest BCUT2D eigenvalue weighted by atomic mass is 19.1. The van der Waals surface area contributed by atoms with E-state index in [1.807, 2.05) is 12.1 Å². The van der Waals surface area contributed by atoms with Crippen molar-refractivity contribution in [1.82, 2.24) is 0 Å². The predicted octanol–water partition coefficient (Wildman–Crippen LogP) is 7.21. The van der Waals surface area contributed by atoms with Gasteiger partial charge in [0.05, 0.1) is 5.56 Å². The highest BCUT2D eigenvalue weighted by molar-refractivity contribution is 5.34. The van der Waals surface area contributed by atoms with Gasteiger partial charge in [-0.3, -0.25) is 0 Å². The largest absolute Gasteiger partial charge is 0.206 e. The molecule has 146 valence electrons. The van der Waals surface area contributed by atoms with E-state index in [9.17, 15) is 4.39 Å². The second-order valence-corrected chi connectivity index (χ2v) is 9.64. The highest BCUT2D eigenvalue weighted by Gasteiger charge is 2.38. The third kappa shape index (κ3) is 4.08. The first-order chi connectivity index (χ1) is 13.2. The molecule has 4 rings (SSSR count). The minimum atomic E-state index is -0.349. The zero-order chi connectivity index (χ0) is 18.8. The second kappa shape index (κ2) is 8.34. The van der Waals surface area contributed by atoms with Gasteiger partial charge in [0.2, 0.25) is 0 Å². The van der Waals surface area contributed by atoms with Crippen LogP contribution in [0.4, 0.5) is 4.39 Å². The summed E-state index contributed by atoms with van der Waals surface area (Å²) in [6.07, 6.45) is 15.3. The molecular formula is C25H34FN. The zero-order valence-electron chi connectivity index (χ0n) is 16.8. The van der Waals surface area contributed by atoms with Gasteiger partial charge in [-0.25, -0.2) is 4.39 Å². The number of rotatable bonds is 3. The van der Waals surface area contributed by atoms with Gasteiger partial charge in [-0.1, -0.05) is 25.8 Å². The average Bonchev–Trinajstić information content (AvgIpc) is 2.73. The van der Waals surface area contributed by atoms with Crippen molar-refractivity contribution in [3.05, 3.63) is 35.1 Å². The summed E-state index contributed by atoms with van der Waals surface area (Å²) in [5, 5.41) is 8.92. The van der Waals surface area contributed by atoms with E-state index in [-0.39, 0.29) is 11.4 Å². The predicted molar refractivity (Wildman–Crippen MR) is 108 cm³/mol. The monoisotopic (exact) mass is 367 g/mol. The summed E-state index contributed by atoms with van der Waals surface area (Å²) in [5.74, 6) is 5.02. The maximum Gasteiger partial charge on any atom is 0.141 e. The fourth-order valence-electron chi connectivity index (χ4n) is 6.62. The Balaban J connectivity index is 1.31. The molecule has 4 atom stereocenters. The Hall–Kier alpha value is -1.36. The van der Waals surface area contributed by atoms with Gasteiger partial charge >= 0.3 is 0 Å². The van der Waals surface area contributed by atoms with E-state index in [0.717, 1.165) is 35.2 Å². The van der Waals surface area contributed by atoms with Gasteiger partial charge in [0.15, 0.2) is 0 Å². The summed E-state index contributed by atoms with van der Waals surface area (Å²) in [5.41, 5.74) is 1.27. The zero-order valence-corrected chi connectivity index (χ0v) is 16.8. The maximum absolute atomic E-state index is 14.0. The molecule has 0 saturated heterocycles. The van der Waals surface area contributed by atoms with E-state index >= 15 is 0 Å². The normalized spacial score (nSPS) is 36.6. The number of hydrogen-bond donors (Lipinski definition) is 0. The topological polar surface area (TPSA) is 23.8 Å². The summed E-state index contributed by atoms with van der Waals surface area (Å²) in [7, 11) is 0. The highest BCUT2D eigenvalue weighted by Crippen LogP contribution is 2.50. The van der Waals surface area contributed by atoms with Crippen molar-refractivity contribution in [2.75, 3.05) is 0 Å². The lowest BCUT2D eigenvalue weighted by molar-refractivity contribution is 0.0629. The molecule has 0 N–H and O–H groups in total. The SMILES string of the molecule is CCC1CCC2CC(C3CCC(c4ccc(C#N)c(F)c4)CC3)CCC2C1.